The number of piperazine rings is 1. The molecule has 1 aromatic rings. The van der Waals surface area contributed by atoms with Gasteiger partial charge in [0.2, 0.25) is 0 Å². The first-order valence-corrected chi connectivity index (χ1v) is 6.76. The molecule has 1 aromatic carbocycles. The second-order valence-electron chi connectivity index (χ2n) is 5.39. The van der Waals surface area contributed by atoms with Gasteiger partial charge in [0, 0.05) is 43.7 Å². The predicted molar refractivity (Wildman–Crippen MR) is 72.6 cm³/mol. The average molecular weight is 258 g/mol. The number of ketones is 2. The zero-order chi connectivity index (χ0) is 13.4. The molecule has 1 aliphatic carbocycles. The van der Waals surface area contributed by atoms with E-state index in [1.807, 2.05) is 12.1 Å². The Morgan fingerprint density at radius 1 is 1.00 bits per heavy atom. The molecule has 100 valence electrons. The zero-order valence-corrected chi connectivity index (χ0v) is 11.1. The molecule has 3 rings (SSSR count). The lowest BCUT2D eigenvalue weighted by Crippen LogP contribution is -2.53. The van der Waals surface area contributed by atoms with Gasteiger partial charge in [0.1, 0.15) is 0 Å². The third-order valence-corrected chi connectivity index (χ3v) is 4.15. The quantitative estimate of drug-likeness (QED) is 0.755. The second-order valence-corrected chi connectivity index (χ2v) is 5.39. The van der Waals surface area contributed by atoms with E-state index in [0.717, 1.165) is 26.2 Å². The van der Waals surface area contributed by atoms with Gasteiger partial charge in [-0.2, -0.15) is 0 Å². The van der Waals surface area contributed by atoms with Crippen LogP contribution in [0.1, 0.15) is 27.1 Å². The van der Waals surface area contributed by atoms with E-state index in [-0.39, 0.29) is 17.6 Å². The number of hydrogen-bond donors (Lipinski definition) is 0. The molecule has 4 heteroatoms. The van der Waals surface area contributed by atoms with E-state index >= 15 is 0 Å². The first-order valence-electron chi connectivity index (χ1n) is 6.76. The molecule has 0 spiro atoms. The molecular weight excluding hydrogens is 240 g/mol. The van der Waals surface area contributed by atoms with Crippen molar-refractivity contribution in [3.8, 4) is 0 Å². The van der Waals surface area contributed by atoms with E-state index in [4.69, 9.17) is 0 Å². The van der Waals surface area contributed by atoms with Crippen molar-refractivity contribution in [1.29, 1.82) is 0 Å². The number of Topliss-reactive ketones (excluding diaryl/α,β-unsaturated/α-hetero) is 2. The van der Waals surface area contributed by atoms with Crippen molar-refractivity contribution < 1.29 is 9.59 Å². The van der Waals surface area contributed by atoms with Gasteiger partial charge in [0.05, 0.1) is 6.04 Å². The van der Waals surface area contributed by atoms with Crippen LogP contribution >= 0.6 is 0 Å². The van der Waals surface area contributed by atoms with E-state index in [9.17, 15) is 9.59 Å². The largest absolute Gasteiger partial charge is 0.304 e. The Kier molecular flexibility index (Phi) is 3.21. The molecular formula is C15H18N2O2. The number of carbonyl (C=O) groups excluding carboxylic acids is 2. The molecule has 0 saturated carbocycles. The van der Waals surface area contributed by atoms with Crippen LogP contribution in [0.3, 0.4) is 0 Å². The highest BCUT2D eigenvalue weighted by atomic mass is 16.1. The number of likely N-dealkylation sites (N-methyl/N-ethyl adjacent to an activating group) is 1. The van der Waals surface area contributed by atoms with Gasteiger partial charge in [-0.1, -0.05) is 24.3 Å². The molecule has 2 aliphatic rings. The number of hydrogen-bond acceptors (Lipinski definition) is 4. The Bertz CT molecular complexity index is 519. The summed E-state index contributed by atoms with van der Waals surface area (Å²) in [5.74, 6) is 0.207. The Balaban J connectivity index is 1.86. The third kappa shape index (κ3) is 2.22. The fraction of sp³-hybridized carbons (Fsp3) is 0.467. The van der Waals surface area contributed by atoms with Crippen LogP contribution in [0.5, 0.6) is 0 Å². The van der Waals surface area contributed by atoms with E-state index in [1.54, 1.807) is 12.1 Å². The summed E-state index contributed by atoms with van der Waals surface area (Å²) in [4.78, 5) is 29.1. The molecule has 0 amide bonds. The maximum atomic E-state index is 12.5. The second kappa shape index (κ2) is 4.87. The molecule has 4 nitrogen and oxygen atoms in total. The van der Waals surface area contributed by atoms with Crippen LogP contribution in [0.4, 0.5) is 0 Å². The summed E-state index contributed by atoms with van der Waals surface area (Å²) in [7, 11) is 2.08. The highest BCUT2D eigenvalue weighted by molar-refractivity contribution is 6.16. The van der Waals surface area contributed by atoms with E-state index in [0.29, 0.717) is 17.5 Å². The van der Waals surface area contributed by atoms with E-state index < -0.39 is 0 Å². The standard InChI is InChI=1S/C15H18N2O2/c1-16-6-8-17(9-7-16)13-10-14(18)11-4-2-3-5-12(11)15(13)19/h2-5,13H,6-10H2,1H3. The van der Waals surface area contributed by atoms with Gasteiger partial charge >= 0.3 is 0 Å². The smallest absolute Gasteiger partial charge is 0.181 e. The minimum absolute atomic E-state index is 0.0964. The van der Waals surface area contributed by atoms with Crippen LogP contribution in [0.2, 0.25) is 0 Å². The Hall–Kier alpha value is -1.52. The molecule has 1 atom stereocenters. The molecule has 1 heterocycles. The first kappa shape index (κ1) is 12.5. The molecule has 1 fully saturated rings. The molecule has 0 bridgehead atoms. The summed E-state index contributed by atoms with van der Waals surface area (Å²) >= 11 is 0. The van der Waals surface area contributed by atoms with Crippen molar-refractivity contribution in [2.45, 2.75) is 12.5 Å². The fourth-order valence-corrected chi connectivity index (χ4v) is 2.93. The summed E-state index contributed by atoms with van der Waals surface area (Å²) in [5.41, 5.74) is 1.19. The van der Waals surface area contributed by atoms with Gasteiger partial charge in [-0.05, 0) is 7.05 Å². The van der Waals surface area contributed by atoms with Crippen molar-refractivity contribution >= 4 is 11.6 Å². The lowest BCUT2D eigenvalue weighted by Gasteiger charge is -2.38. The Morgan fingerprint density at radius 2 is 1.63 bits per heavy atom. The highest BCUT2D eigenvalue weighted by Gasteiger charge is 2.36. The van der Waals surface area contributed by atoms with Gasteiger partial charge in [-0.15, -0.1) is 0 Å². The maximum absolute atomic E-state index is 12.5. The molecule has 19 heavy (non-hydrogen) atoms. The number of fused-ring (bicyclic) bond motifs is 1. The third-order valence-electron chi connectivity index (χ3n) is 4.15. The van der Waals surface area contributed by atoms with Crippen LogP contribution in [0.15, 0.2) is 24.3 Å². The van der Waals surface area contributed by atoms with Crippen LogP contribution in [-0.4, -0.2) is 60.6 Å². The van der Waals surface area contributed by atoms with Gasteiger partial charge in [0.25, 0.3) is 0 Å². The zero-order valence-electron chi connectivity index (χ0n) is 11.1. The monoisotopic (exact) mass is 258 g/mol. The number of nitrogens with zero attached hydrogens (tertiary/aromatic N) is 2. The minimum Gasteiger partial charge on any atom is -0.304 e. The van der Waals surface area contributed by atoms with Gasteiger partial charge < -0.3 is 4.90 Å². The van der Waals surface area contributed by atoms with Crippen molar-refractivity contribution in [2.75, 3.05) is 33.2 Å². The Morgan fingerprint density at radius 3 is 2.32 bits per heavy atom. The number of benzene rings is 1. The number of carbonyl (C=O) groups is 2. The summed E-state index contributed by atoms with van der Waals surface area (Å²) in [6.07, 6.45) is 0.333. The van der Waals surface area contributed by atoms with Crippen molar-refractivity contribution in [3.05, 3.63) is 35.4 Å². The lowest BCUT2D eigenvalue weighted by molar-refractivity contribution is 0.0621. The number of rotatable bonds is 1. The van der Waals surface area contributed by atoms with E-state index in [2.05, 4.69) is 16.8 Å². The summed E-state index contributed by atoms with van der Waals surface area (Å²) in [5, 5.41) is 0. The van der Waals surface area contributed by atoms with Crippen LogP contribution in [0.25, 0.3) is 0 Å². The molecule has 1 aliphatic heterocycles. The molecule has 0 aromatic heterocycles. The summed E-state index contributed by atoms with van der Waals surface area (Å²) < 4.78 is 0. The van der Waals surface area contributed by atoms with Gasteiger partial charge in [-0.25, -0.2) is 0 Å². The van der Waals surface area contributed by atoms with Crippen LogP contribution in [0, 0.1) is 0 Å². The van der Waals surface area contributed by atoms with Crippen LogP contribution < -0.4 is 0 Å². The Labute approximate surface area is 113 Å². The maximum Gasteiger partial charge on any atom is 0.181 e. The fourth-order valence-electron chi connectivity index (χ4n) is 2.93. The van der Waals surface area contributed by atoms with Crippen molar-refractivity contribution in [2.24, 2.45) is 0 Å². The van der Waals surface area contributed by atoms with Crippen molar-refractivity contribution in [1.82, 2.24) is 9.80 Å². The minimum atomic E-state index is -0.254. The predicted octanol–water partition coefficient (Wildman–Crippen LogP) is 1.07. The first-order chi connectivity index (χ1) is 9.16. The van der Waals surface area contributed by atoms with Crippen LogP contribution in [-0.2, 0) is 0 Å². The molecule has 1 saturated heterocycles. The molecule has 0 radical (unpaired) electrons. The van der Waals surface area contributed by atoms with Gasteiger partial charge in [-0.3, -0.25) is 14.5 Å². The average Bonchev–Trinajstić information content (AvgIpc) is 2.44. The molecule has 1 unspecified atom stereocenters. The van der Waals surface area contributed by atoms with Crippen molar-refractivity contribution in [3.63, 3.8) is 0 Å². The molecule has 0 N–H and O–H groups in total. The van der Waals surface area contributed by atoms with E-state index in [1.165, 1.54) is 0 Å². The summed E-state index contributed by atoms with van der Waals surface area (Å²) in [6.45, 7) is 3.64. The summed E-state index contributed by atoms with van der Waals surface area (Å²) in [6, 6.07) is 6.93. The lowest BCUT2D eigenvalue weighted by atomic mass is 9.85. The topological polar surface area (TPSA) is 40.6 Å². The van der Waals surface area contributed by atoms with Gasteiger partial charge in [0.15, 0.2) is 11.6 Å². The SMILES string of the molecule is CN1CCN(C2CC(=O)c3ccccc3C2=O)CC1. The normalized spacial score (nSPS) is 25.4. The highest BCUT2D eigenvalue weighted by Crippen LogP contribution is 2.25.